The van der Waals surface area contributed by atoms with Gasteiger partial charge in [-0.25, -0.2) is 4.98 Å². The highest BCUT2D eigenvalue weighted by Crippen LogP contribution is 2.12. The quantitative estimate of drug-likeness (QED) is 0.451. The van der Waals surface area contributed by atoms with Crippen molar-refractivity contribution in [1.82, 2.24) is 4.98 Å². The van der Waals surface area contributed by atoms with E-state index in [9.17, 15) is 10.1 Å². The Bertz CT molecular complexity index is 290. The lowest BCUT2D eigenvalue weighted by Gasteiger charge is -1.98. The average Bonchev–Trinajstić information content (AvgIpc) is 2.03. The Morgan fingerprint density at radius 3 is 3.00 bits per heavy atom. The lowest BCUT2D eigenvalue weighted by molar-refractivity contribution is -0.479. The standard InChI is InChI=1S/C7H7BrN2O2/c8-7-6(2-1-4-9-7)3-5-10(11)12/h1-2,4H,3,5H2. The Hall–Kier alpha value is -0.970. The SMILES string of the molecule is O=[N+]([O-])CCc1cccnc1Br. The largest absolute Gasteiger partial charge is 0.265 e. The van der Waals surface area contributed by atoms with Crippen molar-refractivity contribution >= 4 is 15.9 Å². The Morgan fingerprint density at radius 2 is 2.42 bits per heavy atom. The van der Waals surface area contributed by atoms with Crippen LogP contribution in [0, 0.1) is 10.1 Å². The van der Waals surface area contributed by atoms with Crippen LogP contribution in [0.2, 0.25) is 0 Å². The minimum Gasteiger partial charge on any atom is -0.265 e. The molecule has 0 fully saturated rings. The minimum absolute atomic E-state index is 0.0513. The van der Waals surface area contributed by atoms with Crippen molar-refractivity contribution in [2.24, 2.45) is 0 Å². The summed E-state index contributed by atoms with van der Waals surface area (Å²) in [5, 5.41) is 10.1. The van der Waals surface area contributed by atoms with Gasteiger partial charge in [0.25, 0.3) is 0 Å². The molecule has 1 heterocycles. The van der Waals surface area contributed by atoms with Gasteiger partial charge < -0.3 is 0 Å². The van der Waals surface area contributed by atoms with Gasteiger partial charge >= 0.3 is 0 Å². The predicted octanol–water partition coefficient (Wildman–Crippen LogP) is 1.66. The molecule has 0 atom stereocenters. The van der Waals surface area contributed by atoms with Crippen LogP contribution < -0.4 is 0 Å². The van der Waals surface area contributed by atoms with Crippen LogP contribution in [0.5, 0.6) is 0 Å². The van der Waals surface area contributed by atoms with Crippen LogP contribution >= 0.6 is 15.9 Å². The minimum atomic E-state index is -0.334. The van der Waals surface area contributed by atoms with Gasteiger partial charge in [0.15, 0.2) is 0 Å². The topological polar surface area (TPSA) is 56.0 Å². The van der Waals surface area contributed by atoms with Crippen LogP contribution in [0.15, 0.2) is 22.9 Å². The third-order valence-electron chi connectivity index (χ3n) is 1.40. The van der Waals surface area contributed by atoms with Gasteiger partial charge in [-0.15, -0.1) is 0 Å². The van der Waals surface area contributed by atoms with Gasteiger partial charge in [0.1, 0.15) is 4.60 Å². The maximum atomic E-state index is 10.1. The predicted molar refractivity (Wildman–Crippen MR) is 47.5 cm³/mol. The van der Waals surface area contributed by atoms with Crippen LogP contribution in [0.25, 0.3) is 0 Å². The van der Waals surface area contributed by atoms with Crippen molar-refractivity contribution in [2.45, 2.75) is 6.42 Å². The first kappa shape index (κ1) is 9.12. The molecular formula is C7H7BrN2O2. The van der Waals surface area contributed by atoms with Crippen molar-refractivity contribution in [2.75, 3.05) is 6.54 Å². The summed E-state index contributed by atoms with van der Waals surface area (Å²) >= 11 is 3.21. The van der Waals surface area contributed by atoms with E-state index in [2.05, 4.69) is 20.9 Å². The van der Waals surface area contributed by atoms with Crippen molar-refractivity contribution in [1.29, 1.82) is 0 Å². The van der Waals surface area contributed by atoms with E-state index in [1.165, 1.54) is 0 Å². The van der Waals surface area contributed by atoms with Crippen molar-refractivity contribution < 1.29 is 4.92 Å². The van der Waals surface area contributed by atoms with Crippen molar-refractivity contribution in [3.05, 3.63) is 38.6 Å². The van der Waals surface area contributed by atoms with Crippen LogP contribution in [0.4, 0.5) is 0 Å². The molecule has 12 heavy (non-hydrogen) atoms. The third-order valence-corrected chi connectivity index (χ3v) is 2.11. The summed E-state index contributed by atoms with van der Waals surface area (Å²) in [6, 6.07) is 3.58. The van der Waals surface area contributed by atoms with Crippen LogP contribution in [0.1, 0.15) is 5.56 Å². The summed E-state index contributed by atoms with van der Waals surface area (Å²) in [6.07, 6.45) is 2.06. The van der Waals surface area contributed by atoms with E-state index in [-0.39, 0.29) is 11.5 Å². The second-order valence-corrected chi connectivity index (χ2v) is 3.01. The highest BCUT2D eigenvalue weighted by molar-refractivity contribution is 9.10. The summed E-state index contributed by atoms with van der Waals surface area (Å²) in [5.74, 6) is 0. The second kappa shape index (κ2) is 4.15. The Kier molecular flexibility index (Phi) is 3.16. The van der Waals surface area contributed by atoms with Gasteiger partial charge in [0.05, 0.1) is 0 Å². The third kappa shape index (κ3) is 2.58. The van der Waals surface area contributed by atoms with E-state index in [1.807, 2.05) is 6.07 Å². The fourth-order valence-electron chi connectivity index (χ4n) is 0.818. The second-order valence-electron chi connectivity index (χ2n) is 2.26. The molecule has 64 valence electrons. The van der Waals surface area contributed by atoms with E-state index in [0.717, 1.165) is 5.56 Å². The molecule has 4 nitrogen and oxygen atoms in total. The van der Waals surface area contributed by atoms with Crippen molar-refractivity contribution in [3.63, 3.8) is 0 Å². The van der Waals surface area contributed by atoms with Gasteiger partial charge in [0, 0.05) is 17.5 Å². The van der Waals surface area contributed by atoms with Gasteiger partial charge in [0.2, 0.25) is 6.54 Å². The molecule has 0 bridgehead atoms. The Morgan fingerprint density at radius 1 is 1.67 bits per heavy atom. The summed E-state index contributed by atoms with van der Waals surface area (Å²) in [6.45, 7) is -0.0513. The number of halogens is 1. The highest BCUT2D eigenvalue weighted by atomic mass is 79.9. The Labute approximate surface area is 77.9 Å². The fraction of sp³-hybridized carbons (Fsp3) is 0.286. The van der Waals surface area contributed by atoms with Crippen LogP contribution in [0.3, 0.4) is 0 Å². The maximum Gasteiger partial charge on any atom is 0.208 e. The first-order valence-electron chi connectivity index (χ1n) is 3.41. The summed E-state index contributed by atoms with van der Waals surface area (Å²) < 4.78 is 0.687. The lowest BCUT2D eigenvalue weighted by Crippen LogP contribution is -2.04. The molecule has 0 N–H and O–H groups in total. The number of hydrogen-bond acceptors (Lipinski definition) is 3. The molecule has 0 aliphatic heterocycles. The van der Waals surface area contributed by atoms with Gasteiger partial charge in [-0.05, 0) is 27.6 Å². The molecule has 0 saturated heterocycles. The van der Waals surface area contributed by atoms with E-state index in [1.54, 1.807) is 12.3 Å². The van der Waals surface area contributed by atoms with E-state index in [0.29, 0.717) is 11.0 Å². The number of rotatable bonds is 3. The molecule has 0 unspecified atom stereocenters. The molecular weight excluding hydrogens is 224 g/mol. The smallest absolute Gasteiger partial charge is 0.208 e. The molecule has 0 spiro atoms. The van der Waals surface area contributed by atoms with Crippen LogP contribution in [-0.2, 0) is 6.42 Å². The normalized spacial score (nSPS) is 9.75. The summed E-state index contributed by atoms with van der Waals surface area (Å²) in [5.41, 5.74) is 0.870. The van der Waals surface area contributed by atoms with E-state index < -0.39 is 0 Å². The molecule has 0 saturated carbocycles. The van der Waals surface area contributed by atoms with E-state index in [4.69, 9.17) is 0 Å². The average molecular weight is 231 g/mol. The lowest BCUT2D eigenvalue weighted by atomic mass is 10.2. The highest BCUT2D eigenvalue weighted by Gasteiger charge is 2.03. The van der Waals surface area contributed by atoms with Gasteiger partial charge in [-0.2, -0.15) is 0 Å². The number of pyridine rings is 1. The molecule has 5 heteroatoms. The first-order chi connectivity index (χ1) is 5.70. The number of nitro groups is 1. The molecule has 0 aliphatic rings. The van der Waals surface area contributed by atoms with Crippen LogP contribution in [-0.4, -0.2) is 16.5 Å². The Balaban J connectivity index is 2.63. The van der Waals surface area contributed by atoms with Gasteiger partial charge in [-0.3, -0.25) is 10.1 Å². The molecule has 0 amide bonds. The molecule has 1 aromatic heterocycles. The van der Waals surface area contributed by atoms with E-state index >= 15 is 0 Å². The molecule has 0 aromatic carbocycles. The fourth-order valence-corrected chi connectivity index (χ4v) is 1.27. The summed E-state index contributed by atoms with van der Waals surface area (Å²) in [7, 11) is 0. The zero-order valence-corrected chi connectivity index (χ0v) is 7.82. The number of nitrogens with zero attached hydrogens (tertiary/aromatic N) is 2. The molecule has 0 aliphatic carbocycles. The zero-order valence-electron chi connectivity index (χ0n) is 6.24. The van der Waals surface area contributed by atoms with Gasteiger partial charge in [-0.1, -0.05) is 6.07 Å². The maximum absolute atomic E-state index is 10.1. The first-order valence-corrected chi connectivity index (χ1v) is 4.20. The molecule has 1 rings (SSSR count). The number of hydrogen-bond donors (Lipinski definition) is 0. The summed E-state index contributed by atoms with van der Waals surface area (Å²) in [4.78, 5) is 13.7. The molecule has 1 aromatic rings. The monoisotopic (exact) mass is 230 g/mol. The molecule has 0 radical (unpaired) electrons. The number of aromatic nitrogens is 1. The van der Waals surface area contributed by atoms with Crippen molar-refractivity contribution in [3.8, 4) is 0 Å². The zero-order chi connectivity index (χ0) is 8.97.